The van der Waals surface area contributed by atoms with E-state index in [0.29, 0.717) is 11.3 Å². The lowest BCUT2D eigenvalue weighted by molar-refractivity contribution is -0.161. The number of ether oxygens (including phenoxy) is 1. The topological polar surface area (TPSA) is 226 Å². The minimum atomic E-state index is -1.80. The standard InChI is InChI=1S/C50H66N4O10/c1-30(2)25-39(51)45(57)52-41(26-31(3)4)43(55)29-44(56)54(42(48(61)62)24-14-23-40(47(59)60)53-49(63)64-50(5,6)7)46(58)36(27-34-19-12-17-32-15-8-10-21-37(32)34)28-35-20-13-18-33-16-9-11-22-38(33)35/h8-13,15-22,30-31,36,39-43,55H,14,23-29,51H2,1-7H3,(H,52,57)(H,53,63)(H,59,60)(H,61,62)/t39-,40?,41-,42?,43-/m0/s1. The van der Waals surface area contributed by atoms with Gasteiger partial charge in [0.15, 0.2) is 0 Å². The van der Waals surface area contributed by atoms with E-state index in [1.54, 1.807) is 20.8 Å². The predicted molar refractivity (Wildman–Crippen MR) is 246 cm³/mol. The van der Waals surface area contributed by atoms with Crippen LogP contribution in [0.1, 0.15) is 98.1 Å². The van der Waals surface area contributed by atoms with Crippen molar-refractivity contribution in [3.05, 3.63) is 96.1 Å². The maximum absolute atomic E-state index is 15.4. The van der Waals surface area contributed by atoms with Crippen molar-refractivity contribution in [2.45, 2.75) is 136 Å². The minimum absolute atomic E-state index is 0.0527. The van der Waals surface area contributed by atoms with Crippen molar-refractivity contribution in [2.24, 2.45) is 23.5 Å². The first-order chi connectivity index (χ1) is 30.1. The van der Waals surface area contributed by atoms with Gasteiger partial charge in [0.05, 0.1) is 24.6 Å². The third-order valence-electron chi connectivity index (χ3n) is 11.1. The molecule has 0 heterocycles. The number of hydrogen-bond acceptors (Lipinski definition) is 9. The number of imide groups is 1. The number of aliphatic hydroxyl groups excluding tert-OH is 1. The molecule has 0 aliphatic carbocycles. The monoisotopic (exact) mass is 882 g/mol. The highest BCUT2D eigenvalue weighted by atomic mass is 16.6. The molecule has 0 saturated carbocycles. The van der Waals surface area contributed by atoms with Gasteiger partial charge in [0.25, 0.3) is 0 Å². The first-order valence-electron chi connectivity index (χ1n) is 22.1. The number of nitrogens with zero attached hydrogens (tertiary/aromatic N) is 1. The van der Waals surface area contributed by atoms with E-state index in [4.69, 9.17) is 10.5 Å². The summed E-state index contributed by atoms with van der Waals surface area (Å²) in [5, 5.41) is 41.3. The molecule has 0 aliphatic rings. The zero-order valence-electron chi connectivity index (χ0n) is 38.1. The third-order valence-corrected chi connectivity index (χ3v) is 11.1. The fourth-order valence-corrected chi connectivity index (χ4v) is 8.10. The van der Waals surface area contributed by atoms with Crippen LogP contribution >= 0.6 is 0 Å². The van der Waals surface area contributed by atoms with Gasteiger partial charge in [0.2, 0.25) is 17.7 Å². The van der Waals surface area contributed by atoms with E-state index in [1.165, 1.54) is 0 Å². The third kappa shape index (κ3) is 14.9. The molecular formula is C50H66N4O10. The Labute approximate surface area is 375 Å². The molecule has 4 aromatic carbocycles. The highest BCUT2D eigenvalue weighted by Crippen LogP contribution is 2.29. The Balaban J connectivity index is 1.79. The molecule has 5 atom stereocenters. The van der Waals surface area contributed by atoms with Crippen LogP contribution < -0.4 is 16.4 Å². The number of nitrogens with one attached hydrogen (secondary N) is 2. The second-order valence-corrected chi connectivity index (χ2v) is 18.6. The fourth-order valence-electron chi connectivity index (χ4n) is 8.10. The quantitative estimate of drug-likeness (QED) is 0.0471. The lowest BCUT2D eigenvalue weighted by Crippen LogP contribution is -2.55. The second-order valence-electron chi connectivity index (χ2n) is 18.6. The number of nitrogens with two attached hydrogens (primary N) is 1. The molecule has 346 valence electrons. The Bertz CT molecular complexity index is 2160. The molecule has 0 aliphatic heterocycles. The maximum Gasteiger partial charge on any atom is 0.408 e. The Morgan fingerprint density at radius 3 is 1.70 bits per heavy atom. The van der Waals surface area contributed by atoms with E-state index in [9.17, 15) is 39.3 Å². The minimum Gasteiger partial charge on any atom is -0.480 e. The second kappa shape index (κ2) is 23.2. The maximum atomic E-state index is 15.4. The number of rotatable bonds is 22. The number of aliphatic carboxylic acids is 2. The summed E-state index contributed by atoms with van der Waals surface area (Å²) in [4.78, 5) is 82.3. The zero-order valence-corrected chi connectivity index (χ0v) is 38.1. The van der Waals surface area contributed by atoms with Crippen molar-refractivity contribution in [3.63, 3.8) is 0 Å². The van der Waals surface area contributed by atoms with Gasteiger partial charge in [-0.2, -0.15) is 0 Å². The molecule has 0 aromatic heterocycles. The number of carbonyl (C=O) groups excluding carboxylic acids is 4. The molecule has 14 heteroatoms. The summed E-state index contributed by atoms with van der Waals surface area (Å²) in [7, 11) is 0. The summed E-state index contributed by atoms with van der Waals surface area (Å²) >= 11 is 0. The zero-order chi connectivity index (χ0) is 47.3. The van der Waals surface area contributed by atoms with Crippen LogP contribution in [0.3, 0.4) is 0 Å². The van der Waals surface area contributed by atoms with E-state index in [0.717, 1.165) is 32.7 Å². The number of aliphatic hydroxyl groups is 1. The van der Waals surface area contributed by atoms with Gasteiger partial charge in [-0.3, -0.25) is 19.3 Å². The van der Waals surface area contributed by atoms with Gasteiger partial charge in [-0.1, -0.05) is 113 Å². The van der Waals surface area contributed by atoms with Crippen LogP contribution in [0.2, 0.25) is 0 Å². The highest BCUT2D eigenvalue weighted by molar-refractivity contribution is 6.01. The molecule has 0 spiro atoms. The summed E-state index contributed by atoms with van der Waals surface area (Å²) in [5.41, 5.74) is 6.86. The van der Waals surface area contributed by atoms with Crippen molar-refractivity contribution in [1.82, 2.24) is 15.5 Å². The smallest absolute Gasteiger partial charge is 0.408 e. The van der Waals surface area contributed by atoms with Gasteiger partial charge in [0, 0.05) is 5.92 Å². The SMILES string of the molecule is CC(C)C[C@H](NC(=O)[C@@H](N)CC(C)C)[C@@H](O)CC(=O)N(C(=O)C(Cc1cccc2ccccc12)Cc1cccc2ccccc12)C(CCCC(NC(=O)OC(C)(C)C)C(=O)O)C(=O)O. The van der Waals surface area contributed by atoms with Crippen molar-refractivity contribution in [3.8, 4) is 0 Å². The number of carbonyl (C=O) groups is 6. The molecule has 4 amide bonds. The lowest BCUT2D eigenvalue weighted by Gasteiger charge is -2.33. The van der Waals surface area contributed by atoms with Crippen molar-refractivity contribution < 1.29 is 48.8 Å². The summed E-state index contributed by atoms with van der Waals surface area (Å²) < 4.78 is 5.23. The van der Waals surface area contributed by atoms with Crippen molar-refractivity contribution in [1.29, 1.82) is 0 Å². The van der Waals surface area contributed by atoms with E-state index in [1.807, 2.05) is 113 Å². The molecule has 0 bridgehead atoms. The molecule has 0 radical (unpaired) electrons. The Morgan fingerprint density at radius 1 is 0.703 bits per heavy atom. The number of carboxylic acids is 2. The van der Waals surface area contributed by atoms with Crippen LogP contribution in [0.25, 0.3) is 21.5 Å². The summed E-state index contributed by atoms with van der Waals surface area (Å²) in [5.74, 6) is -6.15. The van der Waals surface area contributed by atoms with Gasteiger partial charge < -0.3 is 36.4 Å². The molecular weight excluding hydrogens is 817 g/mol. The average Bonchev–Trinajstić information content (AvgIpc) is 3.21. The van der Waals surface area contributed by atoms with Crippen LogP contribution in [-0.4, -0.2) is 91.8 Å². The molecule has 0 fully saturated rings. The van der Waals surface area contributed by atoms with Crippen LogP contribution in [0, 0.1) is 17.8 Å². The molecule has 4 rings (SSSR count). The summed E-state index contributed by atoms with van der Waals surface area (Å²) in [6.07, 6.45) is -3.18. The summed E-state index contributed by atoms with van der Waals surface area (Å²) in [6, 6.07) is 21.6. The Morgan fingerprint density at radius 2 is 1.22 bits per heavy atom. The molecule has 4 aromatic rings. The Kier molecular flexibility index (Phi) is 18.4. The fraction of sp³-hybridized carbons (Fsp3) is 0.480. The molecule has 2 unspecified atom stereocenters. The van der Waals surface area contributed by atoms with Crippen LogP contribution in [-0.2, 0) is 41.6 Å². The van der Waals surface area contributed by atoms with E-state index in [2.05, 4.69) is 10.6 Å². The van der Waals surface area contributed by atoms with Crippen molar-refractivity contribution >= 4 is 57.3 Å². The summed E-state index contributed by atoms with van der Waals surface area (Å²) in [6.45, 7) is 12.5. The van der Waals surface area contributed by atoms with Gasteiger partial charge in [-0.15, -0.1) is 0 Å². The number of hydrogen-bond donors (Lipinski definition) is 6. The number of alkyl carbamates (subject to hydrolysis) is 1. The number of benzene rings is 4. The van der Waals surface area contributed by atoms with Crippen LogP contribution in [0.4, 0.5) is 4.79 Å². The normalized spacial score (nSPS) is 14.2. The average molecular weight is 883 g/mol. The van der Waals surface area contributed by atoms with Gasteiger partial charge in [0.1, 0.15) is 17.7 Å². The van der Waals surface area contributed by atoms with Crippen LogP contribution in [0.15, 0.2) is 84.9 Å². The predicted octanol–water partition coefficient (Wildman–Crippen LogP) is 7.01. The number of amides is 4. The first-order valence-corrected chi connectivity index (χ1v) is 22.1. The largest absolute Gasteiger partial charge is 0.480 e. The van der Waals surface area contributed by atoms with Gasteiger partial charge in [-0.25, -0.2) is 14.4 Å². The van der Waals surface area contributed by atoms with E-state index in [-0.39, 0.29) is 50.4 Å². The molecule has 64 heavy (non-hydrogen) atoms. The van der Waals surface area contributed by atoms with Crippen molar-refractivity contribution in [2.75, 3.05) is 0 Å². The van der Waals surface area contributed by atoms with Gasteiger partial charge in [-0.05, 0) is 110 Å². The van der Waals surface area contributed by atoms with Gasteiger partial charge >= 0.3 is 18.0 Å². The highest BCUT2D eigenvalue weighted by Gasteiger charge is 2.40. The lowest BCUT2D eigenvalue weighted by atomic mass is 9.87. The van der Waals surface area contributed by atoms with E-state index >= 15 is 4.79 Å². The van der Waals surface area contributed by atoms with E-state index < -0.39 is 84.0 Å². The molecule has 0 saturated heterocycles. The van der Waals surface area contributed by atoms with Crippen LogP contribution in [0.5, 0.6) is 0 Å². The first kappa shape index (κ1) is 50.8. The molecule has 14 nitrogen and oxygen atoms in total. The number of fused-ring (bicyclic) bond motifs is 2. The number of carboxylic acid groups (broad SMARTS) is 2. The Hall–Kier alpha value is -5.86. The molecule has 7 N–H and O–H groups in total.